The van der Waals surface area contributed by atoms with Crippen LogP contribution in [0.4, 0.5) is 0 Å². The summed E-state index contributed by atoms with van der Waals surface area (Å²) in [4.78, 5) is 16.1. The van der Waals surface area contributed by atoms with Gasteiger partial charge in [-0.25, -0.2) is 0 Å². The molecule has 0 spiro atoms. The SMILES string of the molecule is O=C(Cn1nnc(-c2cccs2)n1)N1CCCC1CO. The smallest absolute Gasteiger partial charge is 0.246 e. The Morgan fingerprint density at radius 3 is 3.20 bits per heavy atom. The number of hydrogen-bond donors (Lipinski definition) is 1. The van der Waals surface area contributed by atoms with E-state index in [4.69, 9.17) is 0 Å². The molecule has 0 aromatic carbocycles. The average Bonchev–Trinajstić information content (AvgIpc) is 3.19. The van der Waals surface area contributed by atoms with Crippen molar-refractivity contribution in [2.24, 2.45) is 0 Å². The number of aliphatic hydroxyl groups is 1. The Hall–Kier alpha value is -1.80. The van der Waals surface area contributed by atoms with Crippen molar-refractivity contribution >= 4 is 17.2 Å². The van der Waals surface area contributed by atoms with E-state index < -0.39 is 0 Å². The van der Waals surface area contributed by atoms with Gasteiger partial charge in [0, 0.05) is 6.54 Å². The normalized spacial score (nSPS) is 18.6. The number of aromatic nitrogens is 4. The summed E-state index contributed by atoms with van der Waals surface area (Å²) in [5, 5.41) is 23.2. The van der Waals surface area contributed by atoms with Crippen LogP contribution in [0, 0.1) is 0 Å². The standard InChI is InChI=1S/C12H15N5O2S/c18-8-9-3-1-5-16(9)11(19)7-17-14-12(13-15-17)10-4-2-6-20-10/h2,4,6,9,18H,1,3,5,7-8H2. The average molecular weight is 293 g/mol. The van der Waals surface area contributed by atoms with Gasteiger partial charge in [0.1, 0.15) is 6.54 Å². The van der Waals surface area contributed by atoms with Crippen LogP contribution in [0.3, 0.4) is 0 Å². The molecule has 2 aromatic heterocycles. The molecule has 7 nitrogen and oxygen atoms in total. The van der Waals surface area contributed by atoms with Crippen molar-refractivity contribution in [3.05, 3.63) is 17.5 Å². The molecule has 1 fully saturated rings. The van der Waals surface area contributed by atoms with Crippen LogP contribution >= 0.6 is 11.3 Å². The lowest BCUT2D eigenvalue weighted by Crippen LogP contribution is -2.39. The fraction of sp³-hybridized carbons (Fsp3) is 0.500. The van der Waals surface area contributed by atoms with Crippen LogP contribution in [0.1, 0.15) is 12.8 Å². The minimum absolute atomic E-state index is 0.0109. The molecule has 0 radical (unpaired) electrons. The van der Waals surface area contributed by atoms with Crippen LogP contribution in [0.2, 0.25) is 0 Å². The molecule has 1 unspecified atom stereocenters. The molecular weight excluding hydrogens is 278 g/mol. The Labute approximate surface area is 119 Å². The molecule has 2 aromatic rings. The first-order chi connectivity index (χ1) is 9.78. The molecule has 3 rings (SSSR count). The number of hydrogen-bond acceptors (Lipinski definition) is 6. The lowest BCUT2D eigenvalue weighted by molar-refractivity contribution is -0.133. The molecular formula is C12H15N5O2S. The Morgan fingerprint density at radius 2 is 2.45 bits per heavy atom. The molecule has 0 saturated carbocycles. The highest BCUT2D eigenvalue weighted by molar-refractivity contribution is 7.13. The summed E-state index contributed by atoms with van der Waals surface area (Å²) in [5.74, 6) is 0.463. The van der Waals surface area contributed by atoms with Gasteiger partial charge in [-0.1, -0.05) is 6.07 Å². The van der Waals surface area contributed by atoms with Gasteiger partial charge in [-0.05, 0) is 29.5 Å². The Balaban J connectivity index is 1.67. The predicted molar refractivity (Wildman–Crippen MR) is 73.0 cm³/mol. The van der Waals surface area contributed by atoms with E-state index in [1.165, 1.54) is 16.1 Å². The van der Waals surface area contributed by atoms with Gasteiger partial charge < -0.3 is 10.0 Å². The molecule has 1 atom stereocenters. The Morgan fingerprint density at radius 1 is 1.55 bits per heavy atom. The molecule has 8 heteroatoms. The van der Waals surface area contributed by atoms with E-state index in [9.17, 15) is 9.90 Å². The van der Waals surface area contributed by atoms with E-state index in [0.717, 1.165) is 17.7 Å². The van der Waals surface area contributed by atoms with Crippen LogP contribution in [0.25, 0.3) is 10.7 Å². The number of carbonyl (C=O) groups excluding carboxylic acids is 1. The zero-order chi connectivity index (χ0) is 13.9. The van der Waals surface area contributed by atoms with Crippen molar-refractivity contribution in [2.45, 2.75) is 25.4 Å². The Bertz CT molecular complexity index is 582. The van der Waals surface area contributed by atoms with Gasteiger partial charge in [0.25, 0.3) is 0 Å². The van der Waals surface area contributed by atoms with Gasteiger partial charge in [-0.15, -0.1) is 21.5 Å². The van der Waals surface area contributed by atoms with Crippen molar-refractivity contribution in [2.75, 3.05) is 13.2 Å². The fourth-order valence-electron chi connectivity index (χ4n) is 2.38. The molecule has 1 amide bonds. The van der Waals surface area contributed by atoms with Crippen molar-refractivity contribution in [1.29, 1.82) is 0 Å². The predicted octanol–water partition coefficient (Wildman–Crippen LogP) is 0.385. The number of carbonyl (C=O) groups is 1. The number of aliphatic hydroxyl groups excluding tert-OH is 1. The van der Waals surface area contributed by atoms with E-state index >= 15 is 0 Å². The highest BCUT2D eigenvalue weighted by Crippen LogP contribution is 2.20. The lowest BCUT2D eigenvalue weighted by atomic mass is 10.2. The fourth-order valence-corrected chi connectivity index (χ4v) is 3.03. The van der Waals surface area contributed by atoms with Crippen LogP contribution in [-0.4, -0.2) is 55.3 Å². The zero-order valence-electron chi connectivity index (χ0n) is 10.8. The number of thiophene rings is 1. The summed E-state index contributed by atoms with van der Waals surface area (Å²) in [7, 11) is 0. The van der Waals surface area contributed by atoms with Crippen molar-refractivity contribution < 1.29 is 9.90 Å². The van der Waals surface area contributed by atoms with E-state index in [2.05, 4.69) is 15.4 Å². The summed E-state index contributed by atoms with van der Waals surface area (Å²) in [6.07, 6.45) is 1.79. The maximum Gasteiger partial charge on any atom is 0.246 e. The third kappa shape index (κ3) is 2.56. The maximum atomic E-state index is 12.2. The second-order valence-corrected chi connectivity index (χ2v) is 5.63. The summed E-state index contributed by atoms with van der Waals surface area (Å²) >= 11 is 1.53. The van der Waals surface area contributed by atoms with Crippen LogP contribution in [-0.2, 0) is 11.3 Å². The van der Waals surface area contributed by atoms with Gasteiger partial charge >= 0.3 is 0 Å². The summed E-state index contributed by atoms with van der Waals surface area (Å²) in [6.45, 7) is 0.766. The zero-order valence-corrected chi connectivity index (χ0v) is 11.7. The topological polar surface area (TPSA) is 84.1 Å². The van der Waals surface area contributed by atoms with Crippen LogP contribution < -0.4 is 0 Å². The lowest BCUT2D eigenvalue weighted by Gasteiger charge is -2.22. The number of tetrazole rings is 1. The maximum absolute atomic E-state index is 12.2. The minimum atomic E-state index is -0.0725. The highest BCUT2D eigenvalue weighted by atomic mass is 32.1. The number of nitrogens with zero attached hydrogens (tertiary/aromatic N) is 5. The van der Waals surface area contributed by atoms with Crippen molar-refractivity contribution in [1.82, 2.24) is 25.1 Å². The highest BCUT2D eigenvalue weighted by Gasteiger charge is 2.28. The van der Waals surface area contributed by atoms with Gasteiger partial charge in [0.05, 0.1) is 17.5 Å². The van der Waals surface area contributed by atoms with Crippen LogP contribution in [0.5, 0.6) is 0 Å². The van der Waals surface area contributed by atoms with Gasteiger partial charge in [-0.3, -0.25) is 4.79 Å². The molecule has 1 saturated heterocycles. The van der Waals surface area contributed by atoms with E-state index in [0.29, 0.717) is 12.4 Å². The molecule has 1 aliphatic heterocycles. The van der Waals surface area contributed by atoms with E-state index in [-0.39, 0.29) is 25.1 Å². The third-order valence-corrected chi connectivity index (χ3v) is 4.25. The molecule has 106 valence electrons. The molecule has 0 aliphatic carbocycles. The molecule has 1 aliphatic rings. The first-order valence-corrected chi connectivity index (χ1v) is 7.38. The molecule has 0 bridgehead atoms. The summed E-state index contributed by atoms with van der Waals surface area (Å²) < 4.78 is 0. The van der Waals surface area contributed by atoms with Gasteiger partial charge in [0.2, 0.25) is 11.7 Å². The van der Waals surface area contributed by atoms with E-state index in [1.54, 1.807) is 4.90 Å². The third-order valence-electron chi connectivity index (χ3n) is 3.38. The first-order valence-electron chi connectivity index (χ1n) is 6.50. The summed E-state index contributed by atoms with van der Waals surface area (Å²) in [6, 6.07) is 3.76. The summed E-state index contributed by atoms with van der Waals surface area (Å²) in [5.41, 5.74) is 0. The number of likely N-dealkylation sites (tertiary alicyclic amines) is 1. The Kier molecular flexibility index (Phi) is 3.75. The minimum Gasteiger partial charge on any atom is -0.394 e. The number of amides is 1. The first kappa shape index (κ1) is 13.2. The molecule has 20 heavy (non-hydrogen) atoms. The second kappa shape index (κ2) is 5.68. The van der Waals surface area contributed by atoms with Crippen molar-refractivity contribution in [3.63, 3.8) is 0 Å². The van der Waals surface area contributed by atoms with E-state index in [1.807, 2.05) is 17.5 Å². The largest absolute Gasteiger partial charge is 0.394 e. The van der Waals surface area contributed by atoms with Gasteiger partial charge in [0.15, 0.2) is 0 Å². The quantitative estimate of drug-likeness (QED) is 0.881. The molecule has 3 heterocycles. The monoisotopic (exact) mass is 293 g/mol. The van der Waals surface area contributed by atoms with Crippen LogP contribution in [0.15, 0.2) is 17.5 Å². The van der Waals surface area contributed by atoms with Crippen molar-refractivity contribution in [3.8, 4) is 10.7 Å². The molecule has 1 N–H and O–H groups in total. The van der Waals surface area contributed by atoms with Gasteiger partial charge in [-0.2, -0.15) is 4.80 Å². The number of rotatable bonds is 4. The second-order valence-electron chi connectivity index (χ2n) is 4.69.